The molecule has 0 fully saturated rings. The van der Waals surface area contributed by atoms with Gasteiger partial charge in [0.2, 0.25) is 0 Å². The number of nitrogens with two attached hydrogens (primary N) is 1. The molecule has 0 unspecified atom stereocenters. The SMILES string of the molecule is Cc1oc(C)c(C(=O)NCCOc2cccc(N)c2)c1C. The lowest BCUT2D eigenvalue weighted by molar-refractivity contribution is 0.0945. The van der Waals surface area contributed by atoms with Crippen LogP contribution in [0.1, 0.15) is 27.4 Å². The number of anilines is 1. The number of aryl methyl sites for hydroxylation is 2. The molecule has 0 aliphatic rings. The van der Waals surface area contributed by atoms with Crippen LogP contribution in [0.4, 0.5) is 5.69 Å². The van der Waals surface area contributed by atoms with E-state index in [0.717, 1.165) is 11.3 Å². The fourth-order valence-corrected chi connectivity index (χ4v) is 2.15. The molecule has 0 saturated heterocycles. The number of ether oxygens (including phenoxy) is 1. The molecule has 2 aromatic rings. The minimum absolute atomic E-state index is 0.141. The zero-order valence-electron chi connectivity index (χ0n) is 12.5. The molecule has 0 spiro atoms. The molecule has 5 heteroatoms. The monoisotopic (exact) mass is 288 g/mol. The second kappa shape index (κ2) is 6.35. The van der Waals surface area contributed by atoms with Gasteiger partial charge in [0.1, 0.15) is 23.9 Å². The molecule has 1 aromatic heterocycles. The molecule has 21 heavy (non-hydrogen) atoms. The van der Waals surface area contributed by atoms with Crippen molar-refractivity contribution in [2.75, 3.05) is 18.9 Å². The highest BCUT2D eigenvalue weighted by Crippen LogP contribution is 2.20. The van der Waals surface area contributed by atoms with E-state index in [1.807, 2.05) is 26.0 Å². The number of nitrogen functional groups attached to an aromatic ring is 1. The minimum atomic E-state index is -0.141. The molecule has 0 aliphatic heterocycles. The Morgan fingerprint density at radius 3 is 2.67 bits per heavy atom. The number of hydrogen-bond acceptors (Lipinski definition) is 4. The maximum absolute atomic E-state index is 12.1. The van der Waals surface area contributed by atoms with E-state index in [1.54, 1.807) is 19.1 Å². The average Bonchev–Trinajstić information content (AvgIpc) is 2.68. The van der Waals surface area contributed by atoms with E-state index in [9.17, 15) is 4.79 Å². The summed E-state index contributed by atoms with van der Waals surface area (Å²) in [5.41, 5.74) is 7.80. The molecule has 1 aromatic carbocycles. The van der Waals surface area contributed by atoms with Crippen LogP contribution in [0.5, 0.6) is 5.75 Å². The fourth-order valence-electron chi connectivity index (χ4n) is 2.15. The first-order valence-electron chi connectivity index (χ1n) is 6.82. The van der Waals surface area contributed by atoms with Crippen molar-refractivity contribution in [2.45, 2.75) is 20.8 Å². The van der Waals surface area contributed by atoms with Crippen LogP contribution in [0, 0.1) is 20.8 Å². The summed E-state index contributed by atoms with van der Waals surface area (Å²) in [5, 5.41) is 2.82. The number of benzene rings is 1. The molecule has 2 rings (SSSR count). The first-order valence-corrected chi connectivity index (χ1v) is 6.82. The lowest BCUT2D eigenvalue weighted by atomic mass is 10.1. The van der Waals surface area contributed by atoms with Crippen molar-refractivity contribution in [3.8, 4) is 5.75 Å². The summed E-state index contributed by atoms with van der Waals surface area (Å²) in [5.74, 6) is 1.96. The zero-order chi connectivity index (χ0) is 15.4. The number of nitrogens with one attached hydrogen (secondary N) is 1. The third-order valence-corrected chi connectivity index (χ3v) is 3.30. The van der Waals surface area contributed by atoms with Gasteiger partial charge in [-0.2, -0.15) is 0 Å². The van der Waals surface area contributed by atoms with Crippen LogP contribution in [0.25, 0.3) is 0 Å². The predicted molar refractivity (Wildman–Crippen MR) is 81.6 cm³/mol. The van der Waals surface area contributed by atoms with E-state index in [2.05, 4.69) is 5.32 Å². The van der Waals surface area contributed by atoms with Gasteiger partial charge in [-0.1, -0.05) is 6.07 Å². The molecule has 0 saturated carbocycles. The lowest BCUT2D eigenvalue weighted by Crippen LogP contribution is -2.28. The van der Waals surface area contributed by atoms with Crippen LogP contribution in [-0.2, 0) is 0 Å². The molecule has 5 nitrogen and oxygen atoms in total. The van der Waals surface area contributed by atoms with Crippen molar-refractivity contribution >= 4 is 11.6 Å². The number of carbonyl (C=O) groups excluding carboxylic acids is 1. The number of hydrogen-bond donors (Lipinski definition) is 2. The van der Waals surface area contributed by atoms with Gasteiger partial charge >= 0.3 is 0 Å². The van der Waals surface area contributed by atoms with Crippen LogP contribution >= 0.6 is 0 Å². The van der Waals surface area contributed by atoms with Crippen molar-refractivity contribution in [1.82, 2.24) is 5.32 Å². The van der Waals surface area contributed by atoms with E-state index < -0.39 is 0 Å². The second-order valence-electron chi connectivity index (χ2n) is 4.89. The average molecular weight is 288 g/mol. The summed E-state index contributed by atoms with van der Waals surface area (Å²) in [6, 6.07) is 7.19. The largest absolute Gasteiger partial charge is 0.492 e. The summed E-state index contributed by atoms with van der Waals surface area (Å²) in [6.45, 7) is 6.31. The van der Waals surface area contributed by atoms with E-state index >= 15 is 0 Å². The molecule has 0 atom stereocenters. The maximum atomic E-state index is 12.1. The molecular weight excluding hydrogens is 268 g/mol. The topological polar surface area (TPSA) is 77.5 Å². The van der Waals surface area contributed by atoms with Gasteiger partial charge in [-0.3, -0.25) is 4.79 Å². The minimum Gasteiger partial charge on any atom is -0.492 e. The van der Waals surface area contributed by atoms with Crippen LogP contribution in [-0.4, -0.2) is 19.1 Å². The van der Waals surface area contributed by atoms with Crippen LogP contribution in [0.3, 0.4) is 0 Å². The van der Waals surface area contributed by atoms with Gasteiger partial charge in [0, 0.05) is 17.3 Å². The third kappa shape index (κ3) is 3.56. The highest BCUT2D eigenvalue weighted by molar-refractivity contribution is 5.96. The summed E-state index contributed by atoms with van der Waals surface area (Å²) < 4.78 is 11.0. The molecule has 0 aliphatic carbocycles. The molecule has 0 radical (unpaired) electrons. The summed E-state index contributed by atoms with van der Waals surface area (Å²) in [7, 11) is 0. The summed E-state index contributed by atoms with van der Waals surface area (Å²) in [6.07, 6.45) is 0. The Bertz CT molecular complexity index is 647. The van der Waals surface area contributed by atoms with Gasteiger partial charge in [0.05, 0.1) is 12.1 Å². The Morgan fingerprint density at radius 2 is 2.05 bits per heavy atom. The fraction of sp³-hybridized carbons (Fsp3) is 0.312. The number of amides is 1. The zero-order valence-corrected chi connectivity index (χ0v) is 12.5. The summed E-state index contributed by atoms with van der Waals surface area (Å²) >= 11 is 0. The predicted octanol–water partition coefficient (Wildman–Crippen LogP) is 2.60. The van der Waals surface area contributed by atoms with E-state index in [-0.39, 0.29) is 5.91 Å². The number of carbonyl (C=O) groups is 1. The van der Waals surface area contributed by atoms with Crippen molar-refractivity contribution in [3.05, 3.63) is 46.9 Å². The molecule has 1 amide bonds. The highest BCUT2D eigenvalue weighted by Gasteiger charge is 2.17. The smallest absolute Gasteiger partial charge is 0.255 e. The van der Waals surface area contributed by atoms with Crippen molar-refractivity contribution < 1.29 is 13.9 Å². The van der Waals surface area contributed by atoms with Crippen LogP contribution < -0.4 is 15.8 Å². The van der Waals surface area contributed by atoms with E-state index in [4.69, 9.17) is 14.9 Å². The Kier molecular flexibility index (Phi) is 4.52. The van der Waals surface area contributed by atoms with Gasteiger partial charge in [-0.25, -0.2) is 0 Å². The first kappa shape index (κ1) is 15.0. The quantitative estimate of drug-likeness (QED) is 0.655. The van der Waals surface area contributed by atoms with Crippen molar-refractivity contribution in [2.24, 2.45) is 0 Å². The van der Waals surface area contributed by atoms with Gasteiger partial charge < -0.3 is 20.2 Å². The van der Waals surface area contributed by atoms with Gasteiger partial charge in [0.15, 0.2) is 0 Å². The first-order chi connectivity index (χ1) is 9.99. The number of rotatable bonds is 5. The maximum Gasteiger partial charge on any atom is 0.255 e. The van der Waals surface area contributed by atoms with Gasteiger partial charge in [-0.15, -0.1) is 0 Å². The lowest BCUT2D eigenvalue weighted by Gasteiger charge is -2.08. The Hall–Kier alpha value is -2.43. The molecular formula is C16H20N2O3. The van der Waals surface area contributed by atoms with Crippen LogP contribution in [0.15, 0.2) is 28.7 Å². The highest BCUT2D eigenvalue weighted by atomic mass is 16.5. The summed E-state index contributed by atoms with van der Waals surface area (Å²) in [4.78, 5) is 12.1. The van der Waals surface area contributed by atoms with Crippen molar-refractivity contribution in [1.29, 1.82) is 0 Å². The second-order valence-corrected chi connectivity index (χ2v) is 4.89. The molecule has 112 valence electrons. The number of furan rings is 1. The van der Waals surface area contributed by atoms with Crippen molar-refractivity contribution in [3.63, 3.8) is 0 Å². The standard InChI is InChI=1S/C16H20N2O3/c1-10-11(2)21-12(3)15(10)16(19)18-7-8-20-14-6-4-5-13(17)9-14/h4-6,9H,7-8,17H2,1-3H3,(H,18,19). The normalized spacial score (nSPS) is 10.4. The molecule has 3 N–H and O–H groups in total. The molecule has 0 bridgehead atoms. The van der Waals surface area contributed by atoms with E-state index in [1.165, 1.54) is 0 Å². The Balaban J connectivity index is 1.85. The van der Waals surface area contributed by atoms with Gasteiger partial charge in [0.25, 0.3) is 5.91 Å². The van der Waals surface area contributed by atoms with Gasteiger partial charge in [-0.05, 0) is 32.9 Å². The third-order valence-electron chi connectivity index (χ3n) is 3.30. The van der Waals surface area contributed by atoms with E-state index in [0.29, 0.717) is 35.9 Å². The molecule has 1 heterocycles. The Labute approximate surface area is 124 Å². The van der Waals surface area contributed by atoms with Crippen LogP contribution in [0.2, 0.25) is 0 Å². The Morgan fingerprint density at radius 1 is 1.29 bits per heavy atom.